The monoisotopic (exact) mass is 539 g/mol. The summed E-state index contributed by atoms with van der Waals surface area (Å²) in [7, 11) is 0. The Hall–Kier alpha value is -3.61. The Kier molecular flexibility index (Phi) is 7.44. The molecule has 2 aromatic carbocycles. The number of hydrogen-bond donors (Lipinski definition) is 2. The average Bonchev–Trinajstić information content (AvgIpc) is 2.71. The molecule has 0 atom stereocenters. The summed E-state index contributed by atoms with van der Waals surface area (Å²) in [4.78, 5) is 30.7. The normalized spacial score (nSPS) is 11.2. The molecule has 0 bridgehead atoms. The Morgan fingerprint density at radius 3 is 2.47 bits per heavy atom. The lowest BCUT2D eigenvalue weighted by atomic mass is 10.2. The number of nitrogens with one attached hydrogen (secondary N) is 2. The highest BCUT2D eigenvalue weighted by molar-refractivity contribution is 9.10. The van der Waals surface area contributed by atoms with Crippen molar-refractivity contribution in [1.82, 2.24) is 15.3 Å². The van der Waals surface area contributed by atoms with Gasteiger partial charge in [-0.15, -0.1) is 0 Å². The molecule has 13 heteroatoms. The zero-order chi connectivity index (χ0) is 25.0. The summed E-state index contributed by atoms with van der Waals surface area (Å²) in [5.41, 5.74) is -1.33. The van der Waals surface area contributed by atoms with Crippen molar-refractivity contribution in [2.75, 3.05) is 18.5 Å². The predicted molar refractivity (Wildman–Crippen MR) is 123 cm³/mol. The third-order valence-electron chi connectivity index (χ3n) is 4.19. The van der Waals surface area contributed by atoms with Crippen LogP contribution in [0.5, 0.6) is 5.75 Å². The smallest absolute Gasteiger partial charge is 0.407 e. The van der Waals surface area contributed by atoms with Gasteiger partial charge in [0, 0.05) is 16.6 Å². The van der Waals surface area contributed by atoms with Crippen molar-refractivity contribution in [3.63, 3.8) is 0 Å². The maximum Gasteiger partial charge on any atom is 0.407 e. The predicted octanol–water partition coefficient (Wildman–Crippen LogP) is 5.23. The fourth-order valence-corrected chi connectivity index (χ4v) is 3.24. The molecular weight excluding hydrogens is 520 g/mol. The molecule has 0 spiro atoms. The second kappa shape index (κ2) is 10.1. The number of fused-ring (bicyclic) bond motifs is 1. The minimum absolute atomic E-state index is 0.0306. The number of amides is 1. The number of anilines is 2. The minimum Gasteiger partial charge on any atom is -0.485 e. The molecule has 0 aliphatic rings. The van der Waals surface area contributed by atoms with Crippen LogP contribution < -0.4 is 15.4 Å². The molecule has 0 fully saturated rings. The second-order valence-electron chi connectivity index (χ2n) is 7.96. The van der Waals surface area contributed by atoms with E-state index in [1.165, 1.54) is 6.07 Å². The number of nitrogens with zero attached hydrogens (tertiary/aromatic N) is 3. The van der Waals surface area contributed by atoms with E-state index in [9.17, 15) is 23.7 Å². The van der Waals surface area contributed by atoms with Crippen molar-refractivity contribution in [3.05, 3.63) is 56.8 Å². The third-order valence-corrected chi connectivity index (χ3v) is 4.65. The van der Waals surface area contributed by atoms with Gasteiger partial charge < -0.3 is 20.1 Å². The summed E-state index contributed by atoms with van der Waals surface area (Å²) in [5, 5.41) is 16.8. The average molecular weight is 540 g/mol. The van der Waals surface area contributed by atoms with Gasteiger partial charge in [0.25, 0.3) is 0 Å². The van der Waals surface area contributed by atoms with E-state index in [1.807, 2.05) is 0 Å². The molecule has 0 unspecified atom stereocenters. The maximum absolute atomic E-state index is 14.2. The molecule has 3 aromatic rings. The Morgan fingerprint density at radius 1 is 1.18 bits per heavy atom. The molecule has 10 nitrogen and oxygen atoms in total. The summed E-state index contributed by atoms with van der Waals surface area (Å²) in [5.74, 6) is -1.91. The molecule has 3 rings (SSSR count). The SMILES string of the molecule is CC(C)(C)OC(=O)NCCOc1cc2ncnc(Nc3c(F)cc(Br)cc3F)c2cc1[N+](=O)[O-]. The number of hydrogen-bond acceptors (Lipinski definition) is 8. The molecule has 1 heterocycles. The third kappa shape index (κ3) is 6.25. The van der Waals surface area contributed by atoms with Gasteiger partial charge in [-0.25, -0.2) is 23.5 Å². The molecular formula is C21H20BrF2N5O5. The molecule has 0 radical (unpaired) electrons. The topological polar surface area (TPSA) is 129 Å². The number of aromatic nitrogens is 2. The zero-order valence-corrected chi connectivity index (χ0v) is 19.9. The number of benzene rings is 2. The van der Waals surface area contributed by atoms with Crippen molar-refractivity contribution in [2.45, 2.75) is 26.4 Å². The molecule has 1 aromatic heterocycles. The molecule has 34 heavy (non-hydrogen) atoms. The van der Waals surface area contributed by atoms with Crippen LogP contribution in [0.4, 0.5) is 30.8 Å². The van der Waals surface area contributed by atoms with E-state index in [0.29, 0.717) is 0 Å². The van der Waals surface area contributed by atoms with Crippen LogP contribution in [0.25, 0.3) is 10.9 Å². The van der Waals surface area contributed by atoms with Crippen LogP contribution in [0.3, 0.4) is 0 Å². The van der Waals surface area contributed by atoms with Gasteiger partial charge >= 0.3 is 11.8 Å². The fraction of sp³-hybridized carbons (Fsp3) is 0.286. The molecule has 1 amide bonds. The Morgan fingerprint density at radius 2 is 1.85 bits per heavy atom. The lowest BCUT2D eigenvalue weighted by molar-refractivity contribution is -0.385. The van der Waals surface area contributed by atoms with Crippen molar-refractivity contribution in [2.24, 2.45) is 0 Å². The van der Waals surface area contributed by atoms with E-state index in [1.54, 1.807) is 20.8 Å². The number of alkyl carbamates (subject to hydrolysis) is 1. The standard InChI is InChI=1S/C21H20BrF2N5O5/c1-21(2,3)34-20(30)25-4-5-33-17-9-15-12(8-16(17)29(31)32)19(27-10-26-15)28-18-13(23)6-11(22)7-14(18)24/h6-10H,4-5H2,1-3H3,(H,25,30)(H,26,27,28). The van der Waals surface area contributed by atoms with Crippen molar-refractivity contribution in [3.8, 4) is 5.75 Å². The maximum atomic E-state index is 14.2. The van der Waals surface area contributed by atoms with E-state index in [2.05, 4.69) is 36.5 Å². The zero-order valence-electron chi connectivity index (χ0n) is 18.3. The first-order valence-electron chi connectivity index (χ1n) is 9.89. The van der Waals surface area contributed by atoms with Gasteiger partial charge in [0.15, 0.2) is 17.4 Å². The van der Waals surface area contributed by atoms with Crippen LogP contribution in [0, 0.1) is 21.7 Å². The first kappa shape index (κ1) is 25.0. The quantitative estimate of drug-likeness (QED) is 0.237. The van der Waals surface area contributed by atoms with E-state index in [0.717, 1.165) is 24.5 Å². The van der Waals surface area contributed by atoms with Crippen molar-refractivity contribution in [1.29, 1.82) is 0 Å². The van der Waals surface area contributed by atoms with Crippen LogP contribution in [-0.4, -0.2) is 39.7 Å². The number of nitro groups is 1. The molecule has 0 saturated carbocycles. The number of rotatable bonds is 7. The molecule has 0 saturated heterocycles. The summed E-state index contributed by atoms with van der Waals surface area (Å²) in [6.45, 7) is 5.09. The lowest BCUT2D eigenvalue weighted by Gasteiger charge is -2.19. The number of ether oxygens (including phenoxy) is 2. The van der Waals surface area contributed by atoms with Crippen LogP contribution in [-0.2, 0) is 4.74 Å². The van der Waals surface area contributed by atoms with Crippen LogP contribution >= 0.6 is 15.9 Å². The highest BCUT2D eigenvalue weighted by Gasteiger charge is 2.21. The number of halogens is 3. The van der Waals surface area contributed by atoms with Gasteiger partial charge in [-0.3, -0.25) is 10.1 Å². The molecule has 0 aliphatic carbocycles. The second-order valence-corrected chi connectivity index (χ2v) is 8.88. The fourth-order valence-electron chi connectivity index (χ4n) is 2.84. The van der Waals surface area contributed by atoms with Crippen LogP contribution in [0.15, 0.2) is 35.1 Å². The van der Waals surface area contributed by atoms with Gasteiger partial charge in [-0.05, 0) is 32.9 Å². The molecule has 180 valence electrons. The van der Waals surface area contributed by atoms with Crippen molar-refractivity contribution >= 4 is 50.1 Å². The van der Waals surface area contributed by atoms with E-state index < -0.39 is 39.6 Å². The Balaban J connectivity index is 1.84. The van der Waals surface area contributed by atoms with Crippen LogP contribution in [0.1, 0.15) is 20.8 Å². The first-order valence-corrected chi connectivity index (χ1v) is 10.7. The highest BCUT2D eigenvalue weighted by Crippen LogP contribution is 2.35. The van der Waals surface area contributed by atoms with Crippen molar-refractivity contribution < 1.29 is 28.0 Å². The van der Waals surface area contributed by atoms with E-state index in [4.69, 9.17) is 9.47 Å². The Labute approximate surface area is 201 Å². The lowest BCUT2D eigenvalue weighted by Crippen LogP contribution is -2.34. The summed E-state index contributed by atoms with van der Waals surface area (Å²) < 4.78 is 39.3. The summed E-state index contributed by atoms with van der Waals surface area (Å²) in [6.07, 6.45) is 0.485. The van der Waals surface area contributed by atoms with Gasteiger partial charge in [0.2, 0.25) is 0 Å². The van der Waals surface area contributed by atoms with Gasteiger partial charge in [-0.2, -0.15) is 0 Å². The van der Waals surface area contributed by atoms with E-state index in [-0.39, 0.29) is 40.1 Å². The molecule has 2 N–H and O–H groups in total. The minimum atomic E-state index is -0.884. The van der Waals surface area contributed by atoms with Crippen LogP contribution in [0.2, 0.25) is 0 Å². The van der Waals surface area contributed by atoms with E-state index >= 15 is 0 Å². The van der Waals surface area contributed by atoms with Gasteiger partial charge in [-0.1, -0.05) is 15.9 Å². The van der Waals surface area contributed by atoms with Gasteiger partial charge in [0.1, 0.15) is 30.0 Å². The first-order chi connectivity index (χ1) is 15.9. The summed E-state index contributed by atoms with van der Waals surface area (Å²) in [6, 6.07) is 4.58. The summed E-state index contributed by atoms with van der Waals surface area (Å²) >= 11 is 3.00. The Bertz CT molecular complexity index is 1230. The number of nitro benzene ring substituents is 1. The van der Waals surface area contributed by atoms with Gasteiger partial charge in [0.05, 0.1) is 22.4 Å². The largest absolute Gasteiger partial charge is 0.485 e. The number of carbonyl (C=O) groups excluding carboxylic acids is 1. The molecule has 0 aliphatic heterocycles. The highest BCUT2D eigenvalue weighted by atomic mass is 79.9. The number of carbonyl (C=O) groups is 1.